The lowest BCUT2D eigenvalue weighted by Crippen LogP contribution is -2.19. The van der Waals surface area contributed by atoms with Crippen LogP contribution in [-0.2, 0) is 6.54 Å². The van der Waals surface area contributed by atoms with Crippen molar-refractivity contribution < 1.29 is 10.2 Å². The third-order valence-corrected chi connectivity index (χ3v) is 3.18. The van der Waals surface area contributed by atoms with Crippen molar-refractivity contribution in [3.05, 3.63) is 42.7 Å². The monoisotopic (exact) mass is 242 g/mol. The summed E-state index contributed by atoms with van der Waals surface area (Å²) in [5, 5.41) is 20.9. The van der Waals surface area contributed by atoms with Crippen molar-refractivity contribution in [2.24, 2.45) is 0 Å². The molecule has 0 aliphatic carbocycles. The van der Waals surface area contributed by atoms with Crippen LogP contribution in [0.15, 0.2) is 42.7 Å². The first kappa shape index (κ1) is 11.2. The molecule has 0 saturated heterocycles. The van der Waals surface area contributed by atoms with Gasteiger partial charge in [-0.25, -0.2) is 0 Å². The highest BCUT2D eigenvalue weighted by molar-refractivity contribution is 6.07. The topological polar surface area (TPSA) is 58.3 Å². The van der Waals surface area contributed by atoms with Crippen molar-refractivity contribution in [2.45, 2.75) is 12.6 Å². The highest BCUT2D eigenvalue weighted by Gasteiger charge is 2.12. The molecule has 0 aliphatic rings. The molecule has 4 nitrogen and oxygen atoms in total. The Labute approximate surface area is 104 Å². The summed E-state index contributed by atoms with van der Waals surface area (Å²) in [6.45, 7) is 0.125. The predicted molar refractivity (Wildman–Crippen MR) is 70.3 cm³/mol. The minimum atomic E-state index is -0.760. The molecule has 3 rings (SSSR count). The molecule has 0 aliphatic heterocycles. The fourth-order valence-corrected chi connectivity index (χ4v) is 2.36. The molecule has 0 saturated carbocycles. The van der Waals surface area contributed by atoms with Gasteiger partial charge in [0.2, 0.25) is 0 Å². The normalized spacial score (nSPS) is 13.2. The Morgan fingerprint density at radius 3 is 2.72 bits per heavy atom. The molecular weight excluding hydrogens is 228 g/mol. The summed E-state index contributed by atoms with van der Waals surface area (Å²) in [5.74, 6) is 0. The number of benzene rings is 1. The van der Waals surface area contributed by atoms with Crippen molar-refractivity contribution in [3.63, 3.8) is 0 Å². The summed E-state index contributed by atoms with van der Waals surface area (Å²) >= 11 is 0. The summed E-state index contributed by atoms with van der Waals surface area (Å²) in [6, 6.07) is 10.0. The van der Waals surface area contributed by atoms with E-state index in [1.165, 1.54) is 0 Å². The fourth-order valence-electron chi connectivity index (χ4n) is 2.36. The molecule has 4 heteroatoms. The van der Waals surface area contributed by atoms with Gasteiger partial charge in [0.25, 0.3) is 0 Å². The second-order valence-corrected chi connectivity index (χ2v) is 4.36. The zero-order valence-corrected chi connectivity index (χ0v) is 9.82. The number of para-hydroxylation sites is 1. The standard InChI is InChI=1S/C14H14N2O2/c17-9-10(18)8-16-13-4-2-1-3-11(13)12-5-6-15-7-14(12)16/h1-7,10,17-18H,8-9H2. The van der Waals surface area contributed by atoms with Gasteiger partial charge in [0.05, 0.1) is 31.0 Å². The minimum Gasteiger partial charge on any atom is -0.394 e. The van der Waals surface area contributed by atoms with E-state index < -0.39 is 6.10 Å². The van der Waals surface area contributed by atoms with E-state index in [0.717, 1.165) is 21.8 Å². The number of hydrogen-bond donors (Lipinski definition) is 2. The van der Waals surface area contributed by atoms with Crippen LogP contribution in [0.1, 0.15) is 0 Å². The van der Waals surface area contributed by atoms with Gasteiger partial charge in [0.1, 0.15) is 0 Å². The average molecular weight is 242 g/mol. The Morgan fingerprint density at radius 2 is 1.89 bits per heavy atom. The molecule has 2 heterocycles. The molecule has 0 radical (unpaired) electrons. The molecule has 18 heavy (non-hydrogen) atoms. The van der Waals surface area contributed by atoms with E-state index in [2.05, 4.69) is 11.1 Å². The minimum absolute atomic E-state index is 0.242. The molecule has 2 aromatic heterocycles. The molecule has 1 unspecified atom stereocenters. The molecule has 0 bridgehead atoms. The zero-order valence-electron chi connectivity index (χ0n) is 9.82. The Hall–Kier alpha value is -1.91. The third kappa shape index (κ3) is 1.66. The predicted octanol–water partition coefficient (Wildman–Crippen LogP) is 1.54. The van der Waals surface area contributed by atoms with Gasteiger partial charge >= 0.3 is 0 Å². The molecule has 92 valence electrons. The quantitative estimate of drug-likeness (QED) is 0.732. The van der Waals surface area contributed by atoms with E-state index in [0.29, 0.717) is 6.54 Å². The number of hydrogen-bond acceptors (Lipinski definition) is 3. The van der Waals surface area contributed by atoms with Crippen molar-refractivity contribution in [1.29, 1.82) is 0 Å². The molecular formula is C14H14N2O2. The van der Waals surface area contributed by atoms with E-state index in [4.69, 9.17) is 5.11 Å². The smallest absolute Gasteiger partial charge is 0.0949 e. The third-order valence-electron chi connectivity index (χ3n) is 3.18. The number of aromatic nitrogens is 2. The SMILES string of the molecule is OCC(O)Cn1c2ccccc2c2ccncc21. The van der Waals surface area contributed by atoms with Gasteiger partial charge in [-0.2, -0.15) is 0 Å². The van der Waals surface area contributed by atoms with Crippen LogP contribution >= 0.6 is 0 Å². The van der Waals surface area contributed by atoms with Gasteiger partial charge < -0.3 is 14.8 Å². The van der Waals surface area contributed by atoms with Gasteiger partial charge in [-0.3, -0.25) is 4.98 Å². The number of aliphatic hydroxyl groups excluding tert-OH is 2. The molecule has 1 aromatic carbocycles. The molecule has 0 fully saturated rings. The number of nitrogens with zero attached hydrogens (tertiary/aromatic N) is 2. The lowest BCUT2D eigenvalue weighted by atomic mass is 10.2. The Bertz CT molecular complexity index is 637. The lowest BCUT2D eigenvalue weighted by molar-refractivity contribution is 0.0831. The largest absolute Gasteiger partial charge is 0.394 e. The first-order chi connectivity index (χ1) is 8.81. The van der Waals surface area contributed by atoms with Gasteiger partial charge in [-0.05, 0) is 12.1 Å². The van der Waals surface area contributed by atoms with Crippen LogP contribution in [0.3, 0.4) is 0 Å². The first-order valence-electron chi connectivity index (χ1n) is 5.91. The van der Waals surface area contributed by atoms with E-state index in [1.807, 2.05) is 28.8 Å². The molecule has 0 spiro atoms. The summed E-state index contributed by atoms with van der Waals surface area (Å²) in [5.41, 5.74) is 2.03. The van der Waals surface area contributed by atoms with Gasteiger partial charge in [0.15, 0.2) is 0 Å². The molecule has 2 N–H and O–H groups in total. The van der Waals surface area contributed by atoms with Crippen LogP contribution in [-0.4, -0.2) is 32.5 Å². The summed E-state index contributed by atoms with van der Waals surface area (Å²) in [6.07, 6.45) is 2.80. The van der Waals surface area contributed by atoms with Crippen molar-refractivity contribution in [3.8, 4) is 0 Å². The highest BCUT2D eigenvalue weighted by Crippen LogP contribution is 2.28. The van der Waals surface area contributed by atoms with Crippen LogP contribution in [0.2, 0.25) is 0 Å². The van der Waals surface area contributed by atoms with E-state index in [-0.39, 0.29) is 6.61 Å². The number of aliphatic hydroxyl groups is 2. The Balaban J connectivity index is 2.31. The average Bonchev–Trinajstić information content (AvgIpc) is 2.74. The number of rotatable bonds is 3. The van der Waals surface area contributed by atoms with Crippen LogP contribution in [0.25, 0.3) is 21.8 Å². The van der Waals surface area contributed by atoms with E-state index in [1.54, 1.807) is 12.4 Å². The molecule has 0 amide bonds. The van der Waals surface area contributed by atoms with Gasteiger partial charge in [0, 0.05) is 22.5 Å². The van der Waals surface area contributed by atoms with Crippen LogP contribution < -0.4 is 0 Å². The summed E-state index contributed by atoms with van der Waals surface area (Å²) in [4.78, 5) is 4.14. The van der Waals surface area contributed by atoms with E-state index >= 15 is 0 Å². The van der Waals surface area contributed by atoms with Crippen molar-refractivity contribution in [2.75, 3.05) is 6.61 Å². The van der Waals surface area contributed by atoms with Crippen LogP contribution in [0.4, 0.5) is 0 Å². The number of fused-ring (bicyclic) bond motifs is 3. The summed E-state index contributed by atoms with van der Waals surface area (Å²) < 4.78 is 2.00. The van der Waals surface area contributed by atoms with E-state index in [9.17, 15) is 5.11 Å². The Morgan fingerprint density at radius 1 is 1.11 bits per heavy atom. The zero-order chi connectivity index (χ0) is 12.5. The number of pyridine rings is 1. The maximum absolute atomic E-state index is 9.66. The van der Waals surface area contributed by atoms with Gasteiger partial charge in [-0.15, -0.1) is 0 Å². The highest BCUT2D eigenvalue weighted by atomic mass is 16.3. The van der Waals surface area contributed by atoms with Gasteiger partial charge in [-0.1, -0.05) is 18.2 Å². The molecule has 1 atom stereocenters. The first-order valence-corrected chi connectivity index (χ1v) is 5.91. The van der Waals surface area contributed by atoms with Crippen LogP contribution in [0, 0.1) is 0 Å². The maximum atomic E-state index is 9.66. The molecule has 3 aromatic rings. The van der Waals surface area contributed by atoms with Crippen molar-refractivity contribution in [1.82, 2.24) is 9.55 Å². The second-order valence-electron chi connectivity index (χ2n) is 4.36. The van der Waals surface area contributed by atoms with Crippen LogP contribution in [0.5, 0.6) is 0 Å². The van der Waals surface area contributed by atoms with Crippen molar-refractivity contribution >= 4 is 21.8 Å². The maximum Gasteiger partial charge on any atom is 0.0949 e. The fraction of sp³-hybridized carbons (Fsp3) is 0.214. The Kier molecular flexibility index (Phi) is 2.74. The second kappa shape index (κ2) is 4.40. The lowest BCUT2D eigenvalue weighted by Gasteiger charge is -2.11. The summed E-state index contributed by atoms with van der Waals surface area (Å²) in [7, 11) is 0.